The summed E-state index contributed by atoms with van der Waals surface area (Å²) in [6.45, 7) is 17.8. The van der Waals surface area contributed by atoms with Gasteiger partial charge in [0.2, 0.25) is 0 Å². The Hall–Kier alpha value is -1.82. The summed E-state index contributed by atoms with van der Waals surface area (Å²) in [5, 5.41) is 9.30. The van der Waals surface area contributed by atoms with Crippen LogP contribution in [0.3, 0.4) is 0 Å². The van der Waals surface area contributed by atoms with Crippen molar-refractivity contribution in [3.8, 4) is 5.75 Å². The lowest BCUT2D eigenvalue weighted by atomic mass is 9.89. The molecule has 1 fully saturated rings. The Morgan fingerprint density at radius 2 is 1.89 bits per heavy atom. The minimum absolute atomic E-state index is 0.177. The summed E-state index contributed by atoms with van der Waals surface area (Å²) >= 11 is 0. The molecule has 0 radical (unpaired) electrons. The summed E-state index contributed by atoms with van der Waals surface area (Å²) in [6.07, 6.45) is -1.02. The van der Waals surface area contributed by atoms with Crippen LogP contribution in [-0.4, -0.2) is 59.3 Å². The molecule has 1 aliphatic rings. The third-order valence-corrected chi connectivity index (χ3v) is 7.33. The quantitative estimate of drug-likeness (QED) is 0.289. The number of halogens is 3. The monoisotopic (exact) mass is 512 g/mol. The number of hydrogen-bond donors (Lipinski definition) is 1. The number of hydrogen-bond acceptors (Lipinski definition) is 4. The van der Waals surface area contributed by atoms with Crippen molar-refractivity contribution >= 4 is 14.8 Å². The van der Waals surface area contributed by atoms with Crippen LogP contribution in [0.2, 0.25) is 0 Å². The zero-order chi connectivity index (χ0) is 26.3. The van der Waals surface area contributed by atoms with Crippen LogP contribution in [0, 0.1) is 5.92 Å². The third kappa shape index (κ3) is 8.37. The van der Waals surface area contributed by atoms with Crippen molar-refractivity contribution < 1.29 is 23.0 Å². The van der Waals surface area contributed by atoms with Gasteiger partial charge in [0.15, 0.2) is 0 Å². The van der Waals surface area contributed by atoms with Gasteiger partial charge < -0.3 is 14.7 Å². The molecule has 35 heavy (non-hydrogen) atoms. The molecular formula is C27H40F3N2O2P. The van der Waals surface area contributed by atoms with Gasteiger partial charge in [-0.15, -0.1) is 22.4 Å². The van der Waals surface area contributed by atoms with Crippen molar-refractivity contribution in [2.24, 2.45) is 5.92 Å². The van der Waals surface area contributed by atoms with Crippen LogP contribution in [0.1, 0.15) is 53.0 Å². The van der Waals surface area contributed by atoms with Crippen molar-refractivity contribution in [2.45, 2.75) is 65.6 Å². The number of aliphatic hydroxyl groups is 1. The molecular weight excluding hydrogens is 472 g/mol. The molecule has 4 nitrogen and oxygen atoms in total. The largest absolute Gasteiger partial charge is 0.573 e. The van der Waals surface area contributed by atoms with Gasteiger partial charge in [-0.05, 0) is 73.1 Å². The smallest absolute Gasteiger partial charge is 0.406 e. The van der Waals surface area contributed by atoms with E-state index in [9.17, 15) is 18.3 Å². The Bertz CT molecular complexity index is 910. The number of ether oxygens (including phenoxy) is 1. The predicted octanol–water partition coefficient (Wildman–Crippen LogP) is 6.45. The van der Waals surface area contributed by atoms with Crippen LogP contribution in [0.5, 0.6) is 5.75 Å². The maximum Gasteiger partial charge on any atom is 0.573 e. The maximum atomic E-state index is 12.6. The SMILES string of the molecule is C=C(C(=CC(CC)=C(C)N1CCN(C(P)CCO)C(C)C1)c1ccc(OC(F)(F)F)cc1)C(C)C. The lowest BCUT2D eigenvalue weighted by Crippen LogP contribution is -2.53. The molecule has 3 atom stereocenters. The molecule has 2 rings (SSSR count). The van der Waals surface area contributed by atoms with Crippen molar-refractivity contribution in [3.63, 3.8) is 0 Å². The van der Waals surface area contributed by atoms with E-state index in [0.29, 0.717) is 6.04 Å². The molecule has 1 aliphatic heterocycles. The van der Waals surface area contributed by atoms with Gasteiger partial charge >= 0.3 is 6.36 Å². The van der Waals surface area contributed by atoms with Crippen LogP contribution in [0.4, 0.5) is 13.2 Å². The highest BCUT2D eigenvalue weighted by molar-refractivity contribution is 7.17. The molecule has 1 aromatic rings. The standard InChI is InChI=1S/C27H40F3N2O2P/c1-7-22(21(6)31-13-14-32(19(4)17-31)26(35)12-15-33)16-25(20(5)18(2)3)23-8-10-24(11-9-23)34-27(28,29)30/h8-11,16,18-19,26,33H,5,7,12-15,17,35H2,1-4,6H3. The Kier molecular flexibility index (Phi) is 10.9. The van der Waals surface area contributed by atoms with Crippen LogP contribution < -0.4 is 4.74 Å². The summed E-state index contributed by atoms with van der Waals surface area (Å²) in [4.78, 5) is 4.82. The van der Waals surface area contributed by atoms with E-state index in [4.69, 9.17) is 0 Å². The number of nitrogens with zero attached hydrogens (tertiary/aromatic N) is 2. The molecule has 1 heterocycles. The van der Waals surface area contributed by atoms with Crippen LogP contribution in [-0.2, 0) is 0 Å². The third-order valence-electron chi connectivity index (χ3n) is 6.61. The first-order valence-electron chi connectivity index (χ1n) is 12.2. The van der Waals surface area contributed by atoms with Gasteiger partial charge in [-0.2, -0.15) is 0 Å². The molecule has 1 aromatic carbocycles. The average molecular weight is 513 g/mol. The van der Waals surface area contributed by atoms with Gasteiger partial charge in [0.25, 0.3) is 0 Å². The van der Waals surface area contributed by atoms with Crippen LogP contribution in [0.15, 0.2) is 53.8 Å². The minimum Gasteiger partial charge on any atom is -0.406 e. The molecule has 8 heteroatoms. The normalized spacial score (nSPS) is 19.6. The molecule has 196 valence electrons. The fraction of sp³-hybridized carbons (Fsp3) is 0.556. The molecule has 0 amide bonds. The first-order valence-corrected chi connectivity index (χ1v) is 12.9. The molecule has 1 N–H and O–H groups in total. The van der Waals surface area contributed by atoms with Gasteiger partial charge in [-0.3, -0.25) is 4.90 Å². The van der Waals surface area contributed by atoms with E-state index < -0.39 is 6.36 Å². The van der Waals surface area contributed by atoms with Gasteiger partial charge in [-0.1, -0.05) is 39.5 Å². The summed E-state index contributed by atoms with van der Waals surface area (Å²) < 4.78 is 41.8. The van der Waals surface area contributed by atoms with Gasteiger partial charge in [0.05, 0.1) is 0 Å². The van der Waals surface area contributed by atoms with E-state index in [1.54, 1.807) is 12.1 Å². The average Bonchev–Trinajstić information content (AvgIpc) is 2.78. The lowest BCUT2D eigenvalue weighted by Gasteiger charge is -2.44. The van der Waals surface area contributed by atoms with Crippen LogP contribution in [0.25, 0.3) is 5.57 Å². The summed E-state index contributed by atoms with van der Waals surface area (Å²) in [6, 6.07) is 6.35. The van der Waals surface area contributed by atoms with Crippen molar-refractivity contribution in [1.29, 1.82) is 0 Å². The van der Waals surface area contributed by atoms with E-state index in [0.717, 1.165) is 49.2 Å². The molecule has 0 aromatic heterocycles. The van der Waals surface area contributed by atoms with E-state index in [-0.39, 0.29) is 24.1 Å². The number of allylic oxidation sites excluding steroid dienone is 5. The summed E-state index contributed by atoms with van der Waals surface area (Å²) in [5.41, 5.74) is 5.05. The first kappa shape index (κ1) is 29.4. The van der Waals surface area contributed by atoms with Crippen LogP contribution >= 0.6 is 9.24 Å². The summed E-state index contributed by atoms with van der Waals surface area (Å²) in [5.74, 6) is 0.204. The Morgan fingerprint density at radius 1 is 1.26 bits per heavy atom. The Labute approximate surface area is 210 Å². The topological polar surface area (TPSA) is 35.9 Å². The number of alkyl halides is 3. The molecule has 0 bridgehead atoms. The van der Waals surface area contributed by atoms with E-state index in [1.165, 1.54) is 23.4 Å². The van der Waals surface area contributed by atoms with Gasteiger partial charge in [0.1, 0.15) is 5.75 Å². The minimum atomic E-state index is -4.72. The second kappa shape index (κ2) is 12.9. The molecule has 0 saturated carbocycles. The Morgan fingerprint density at radius 3 is 2.37 bits per heavy atom. The first-order chi connectivity index (χ1) is 16.4. The van der Waals surface area contributed by atoms with E-state index in [2.05, 4.69) is 71.1 Å². The second-order valence-electron chi connectivity index (χ2n) is 9.39. The van der Waals surface area contributed by atoms with E-state index >= 15 is 0 Å². The summed E-state index contributed by atoms with van der Waals surface area (Å²) in [7, 11) is 2.85. The number of rotatable bonds is 10. The lowest BCUT2D eigenvalue weighted by molar-refractivity contribution is -0.274. The Balaban J connectivity index is 2.36. The number of aliphatic hydroxyl groups excluding tert-OH is 1. The van der Waals surface area contributed by atoms with Gasteiger partial charge in [-0.25, -0.2) is 0 Å². The van der Waals surface area contributed by atoms with Crippen molar-refractivity contribution in [2.75, 3.05) is 26.2 Å². The predicted molar refractivity (Wildman–Crippen MR) is 141 cm³/mol. The van der Waals surface area contributed by atoms with Crippen molar-refractivity contribution in [1.82, 2.24) is 9.80 Å². The second-order valence-corrected chi connectivity index (χ2v) is 10.2. The molecule has 3 unspecified atom stereocenters. The zero-order valence-electron chi connectivity index (χ0n) is 21.5. The maximum absolute atomic E-state index is 12.6. The number of benzene rings is 1. The molecule has 0 spiro atoms. The van der Waals surface area contributed by atoms with E-state index in [1.807, 2.05) is 0 Å². The van der Waals surface area contributed by atoms with Gasteiger partial charge in [0, 0.05) is 43.8 Å². The number of piperazine rings is 1. The van der Waals surface area contributed by atoms with Crippen molar-refractivity contribution in [3.05, 3.63) is 59.3 Å². The zero-order valence-corrected chi connectivity index (χ0v) is 22.7. The fourth-order valence-corrected chi connectivity index (χ4v) is 5.01. The molecule has 1 saturated heterocycles. The fourth-order valence-electron chi connectivity index (χ4n) is 4.42. The highest BCUT2D eigenvalue weighted by Crippen LogP contribution is 2.33. The molecule has 0 aliphatic carbocycles. The highest BCUT2D eigenvalue weighted by Gasteiger charge is 2.31. The highest BCUT2D eigenvalue weighted by atomic mass is 31.0.